The Morgan fingerprint density at radius 2 is 1.32 bits per heavy atom. The van der Waals surface area contributed by atoms with Crippen LogP contribution in [0.5, 0.6) is 0 Å². The first kappa shape index (κ1) is 34.4. The first-order valence-electron chi connectivity index (χ1n) is 12.1. The van der Waals surface area contributed by atoms with Gasteiger partial charge in [-0.15, -0.1) is 0 Å². The van der Waals surface area contributed by atoms with Gasteiger partial charge in [0, 0.05) is 45.7 Å². The van der Waals surface area contributed by atoms with Gasteiger partial charge in [0.15, 0.2) is 5.96 Å². The summed E-state index contributed by atoms with van der Waals surface area (Å²) in [6.07, 6.45) is 2.29. The third-order valence-corrected chi connectivity index (χ3v) is 5.40. The standard InChI is InChI=1S/C22H39N7O9/c23-22(24)26-6-2-1-5-25-18(32)4-3-17(21(37)38)29(9-7-27(11-13-30)12-14-31)10-8-28(15-19(33)34)16-20(35)36/h13-14,17H,1-12,15-16H2,(H,25,32)(H,33,34)(H,35,36)(H,37,38)(H4,23,24,26). The van der Waals surface area contributed by atoms with Gasteiger partial charge < -0.3 is 41.3 Å². The van der Waals surface area contributed by atoms with E-state index < -0.39 is 37.0 Å². The molecule has 216 valence electrons. The number of carboxylic acid groups (broad SMARTS) is 3. The number of nitrogens with zero attached hydrogens (tertiary/aromatic N) is 3. The number of aldehydes is 2. The summed E-state index contributed by atoms with van der Waals surface area (Å²) in [6, 6.07) is -1.16. The fourth-order valence-electron chi connectivity index (χ4n) is 3.55. The Kier molecular flexibility index (Phi) is 18.5. The highest BCUT2D eigenvalue weighted by Gasteiger charge is 2.27. The lowest BCUT2D eigenvalue weighted by atomic mass is 10.1. The van der Waals surface area contributed by atoms with Crippen LogP contribution in [-0.4, -0.2) is 144 Å². The van der Waals surface area contributed by atoms with Crippen LogP contribution in [0.2, 0.25) is 0 Å². The molecule has 1 atom stereocenters. The van der Waals surface area contributed by atoms with Crippen molar-refractivity contribution >= 4 is 42.3 Å². The summed E-state index contributed by atoms with van der Waals surface area (Å²) < 4.78 is 0. The highest BCUT2D eigenvalue weighted by molar-refractivity contribution is 5.78. The van der Waals surface area contributed by atoms with E-state index in [1.54, 1.807) is 0 Å². The van der Waals surface area contributed by atoms with Crippen molar-refractivity contribution in [2.75, 3.05) is 65.4 Å². The molecule has 0 saturated carbocycles. The number of carboxylic acids is 3. The van der Waals surface area contributed by atoms with Crippen LogP contribution in [-0.2, 0) is 28.8 Å². The first-order chi connectivity index (χ1) is 18.0. The predicted octanol–water partition coefficient (Wildman–Crippen LogP) is -2.93. The van der Waals surface area contributed by atoms with Crippen LogP contribution in [0.25, 0.3) is 0 Å². The predicted molar refractivity (Wildman–Crippen MR) is 135 cm³/mol. The summed E-state index contributed by atoms with van der Waals surface area (Å²) in [5.74, 6) is -4.23. The summed E-state index contributed by atoms with van der Waals surface area (Å²) >= 11 is 0. The molecule has 0 aromatic heterocycles. The van der Waals surface area contributed by atoms with E-state index in [-0.39, 0.29) is 64.0 Å². The normalized spacial score (nSPS) is 11.8. The van der Waals surface area contributed by atoms with Gasteiger partial charge in [-0.05, 0) is 19.3 Å². The number of nitrogens with two attached hydrogens (primary N) is 1. The van der Waals surface area contributed by atoms with Crippen molar-refractivity contribution < 1.29 is 44.1 Å². The van der Waals surface area contributed by atoms with Crippen molar-refractivity contribution in [2.45, 2.75) is 31.7 Å². The molecule has 16 nitrogen and oxygen atoms in total. The average molecular weight is 546 g/mol. The Morgan fingerprint density at radius 1 is 0.816 bits per heavy atom. The van der Waals surface area contributed by atoms with E-state index in [9.17, 15) is 33.9 Å². The molecule has 16 heteroatoms. The summed E-state index contributed by atoms with van der Waals surface area (Å²) in [7, 11) is 0. The Bertz CT molecular complexity index is 771. The highest BCUT2D eigenvalue weighted by atomic mass is 16.4. The van der Waals surface area contributed by atoms with E-state index >= 15 is 0 Å². The lowest BCUT2D eigenvalue weighted by Gasteiger charge is -2.32. The van der Waals surface area contributed by atoms with Crippen molar-refractivity contribution in [3.63, 3.8) is 0 Å². The number of amides is 1. The number of carbonyl (C=O) groups is 6. The van der Waals surface area contributed by atoms with Crippen LogP contribution in [0.15, 0.2) is 0 Å². The lowest BCUT2D eigenvalue weighted by molar-refractivity contribution is -0.146. The number of aliphatic carboxylic acids is 3. The fraction of sp³-hybridized carbons (Fsp3) is 0.682. The second-order valence-electron chi connectivity index (χ2n) is 8.42. The van der Waals surface area contributed by atoms with E-state index in [0.29, 0.717) is 38.5 Å². The Balaban J connectivity index is 5.26. The zero-order valence-corrected chi connectivity index (χ0v) is 21.3. The number of hydrogen-bond donors (Lipinski definition) is 7. The molecule has 0 aliphatic heterocycles. The van der Waals surface area contributed by atoms with Gasteiger partial charge in [-0.25, -0.2) is 0 Å². The van der Waals surface area contributed by atoms with Crippen LogP contribution in [0.4, 0.5) is 0 Å². The van der Waals surface area contributed by atoms with E-state index in [1.165, 1.54) is 9.80 Å². The van der Waals surface area contributed by atoms with E-state index in [2.05, 4.69) is 10.6 Å². The van der Waals surface area contributed by atoms with Gasteiger partial charge >= 0.3 is 17.9 Å². The van der Waals surface area contributed by atoms with Crippen LogP contribution in [0.3, 0.4) is 0 Å². The monoisotopic (exact) mass is 545 g/mol. The SMILES string of the molecule is N=C(N)NCCCCNC(=O)CCC(C(=O)O)N(CCN(CC=O)CC=O)CCN(CC(=O)O)CC(=O)O. The van der Waals surface area contributed by atoms with E-state index in [1.807, 2.05) is 0 Å². The summed E-state index contributed by atoms with van der Waals surface area (Å²) in [4.78, 5) is 72.5. The van der Waals surface area contributed by atoms with Gasteiger partial charge in [-0.1, -0.05) is 0 Å². The molecule has 0 fully saturated rings. The molecule has 0 bridgehead atoms. The van der Waals surface area contributed by atoms with Gasteiger partial charge in [-0.2, -0.15) is 0 Å². The number of guanidine groups is 1. The molecule has 0 aromatic carbocycles. The van der Waals surface area contributed by atoms with Crippen molar-refractivity contribution in [2.24, 2.45) is 5.73 Å². The minimum Gasteiger partial charge on any atom is -0.480 e. The maximum Gasteiger partial charge on any atom is 0.320 e. The van der Waals surface area contributed by atoms with Crippen molar-refractivity contribution in [1.82, 2.24) is 25.3 Å². The molecule has 0 heterocycles. The first-order valence-corrected chi connectivity index (χ1v) is 12.1. The minimum atomic E-state index is -1.25. The zero-order chi connectivity index (χ0) is 28.9. The average Bonchev–Trinajstić information content (AvgIpc) is 2.81. The van der Waals surface area contributed by atoms with Gasteiger partial charge in [0.2, 0.25) is 5.91 Å². The van der Waals surface area contributed by atoms with Crippen LogP contribution < -0.4 is 16.4 Å². The van der Waals surface area contributed by atoms with E-state index in [4.69, 9.17) is 21.4 Å². The van der Waals surface area contributed by atoms with Gasteiger partial charge in [0.25, 0.3) is 0 Å². The molecule has 0 aliphatic carbocycles. The maximum atomic E-state index is 12.3. The topological polar surface area (TPSA) is 247 Å². The number of rotatable bonds is 24. The molecule has 0 saturated heterocycles. The molecule has 1 amide bonds. The van der Waals surface area contributed by atoms with Crippen molar-refractivity contribution in [1.29, 1.82) is 5.41 Å². The second-order valence-corrected chi connectivity index (χ2v) is 8.42. The third-order valence-electron chi connectivity index (χ3n) is 5.40. The number of carbonyl (C=O) groups excluding carboxylic acids is 3. The number of hydrogen-bond acceptors (Lipinski definition) is 10. The molecule has 0 radical (unpaired) electrons. The van der Waals surface area contributed by atoms with Gasteiger partial charge in [0.1, 0.15) is 18.6 Å². The quantitative estimate of drug-likeness (QED) is 0.0278. The maximum absolute atomic E-state index is 12.3. The zero-order valence-electron chi connectivity index (χ0n) is 21.3. The van der Waals surface area contributed by atoms with Crippen LogP contribution in [0.1, 0.15) is 25.7 Å². The summed E-state index contributed by atoms with van der Waals surface area (Å²) in [5.41, 5.74) is 5.18. The largest absolute Gasteiger partial charge is 0.480 e. The van der Waals surface area contributed by atoms with Crippen LogP contribution >= 0.6 is 0 Å². The highest BCUT2D eigenvalue weighted by Crippen LogP contribution is 2.10. The summed E-state index contributed by atoms with van der Waals surface area (Å²) in [6.45, 7) is -0.314. The minimum absolute atomic E-state index is 0.0295. The number of unbranched alkanes of at least 4 members (excludes halogenated alkanes) is 1. The second kappa shape index (κ2) is 20.4. The number of nitrogens with one attached hydrogen (secondary N) is 3. The smallest absolute Gasteiger partial charge is 0.320 e. The molecular weight excluding hydrogens is 506 g/mol. The molecule has 38 heavy (non-hydrogen) atoms. The molecule has 0 aromatic rings. The van der Waals surface area contributed by atoms with Crippen molar-refractivity contribution in [3.8, 4) is 0 Å². The molecular formula is C22H39N7O9. The summed E-state index contributed by atoms with van der Waals surface area (Å²) in [5, 5.41) is 40.4. The Labute approximate surface area is 220 Å². The van der Waals surface area contributed by atoms with Crippen molar-refractivity contribution in [3.05, 3.63) is 0 Å². The molecule has 0 spiro atoms. The molecule has 1 unspecified atom stereocenters. The Morgan fingerprint density at radius 3 is 1.76 bits per heavy atom. The molecule has 8 N–H and O–H groups in total. The van der Waals surface area contributed by atoms with Gasteiger partial charge in [-0.3, -0.25) is 39.3 Å². The molecule has 0 aliphatic rings. The Hall–Kier alpha value is -3.63. The van der Waals surface area contributed by atoms with E-state index in [0.717, 1.165) is 4.90 Å². The molecule has 0 rings (SSSR count). The van der Waals surface area contributed by atoms with Crippen LogP contribution in [0, 0.1) is 5.41 Å². The fourth-order valence-corrected chi connectivity index (χ4v) is 3.55. The van der Waals surface area contributed by atoms with Gasteiger partial charge in [0.05, 0.1) is 26.2 Å². The third kappa shape index (κ3) is 17.7. The lowest BCUT2D eigenvalue weighted by Crippen LogP contribution is -2.49.